The number of halogens is 1. The van der Waals surface area contributed by atoms with Gasteiger partial charge in [-0.2, -0.15) is 0 Å². The highest BCUT2D eigenvalue weighted by atomic mass is 35.5. The van der Waals surface area contributed by atoms with Crippen LogP contribution >= 0.6 is 23.8 Å². The number of nitrogens with two attached hydrogens (primary N) is 1. The van der Waals surface area contributed by atoms with Gasteiger partial charge in [0.25, 0.3) is 0 Å². The second kappa shape index (κ2) is 7.45. The number of rotatable bonds is 6. The fourth-order valence-corrected chi connectivity index (χ4v) is 2.42. The average Bonchev–Trinajstić information content (AvgIpc) is 2.37. The first kappa shape index (κ1) is 16.7. The largest absolute Gasteiger partial charge is 0.389 e. The van der Waals surface area contributed by atoms with E-state index in [2.05, 4.69) is 6.92 Å². The zero-order valence-electron chi connectivity index (χ0n) is 12.0. The lowest BCUT2D eigenvalue weighted by atomic mass is 10.1. The zero-order valence-corrected chi connectivity index (χ0v) is 13.6. The van der Waals surface area contributed by atoms with E-state index >= 15 is 0 Å². The Balaban J connectivity index is 3.18. The maximum absolute atomic E-state index is 12.0. The van der Waals surface area contributed by atoms with E-state index in [0.29, 0.717) is 10.6 Å². The minimum Gasteiger partial charge on any atom is -0.389 e. The Morgan fingerprint density at radius 3 is 2.55 bits per heavy atom. The first-order valence-electron chi connectivity index (χ1n) is 6.41. The first-order valence-corrected chi connectivity index (χ1v) is 7.20. The van der Waals surface area contributed by atoms with Crippen molar-refractivity contribution in [1.82, 2.24) is 4.90 Å². The number of likely N-dealkylation sites (N-methyl/N-ethyl adjacent to an activating group) is 1. The molecule has 0 radical (unpaired) electrons. The highest BCUT2D eigenvalue weighted by Crippen LogP contribution is 2.27. The van der Waals surface area contributed by atoms with Crippen LogP contribution in [-0.4, -0.2) is 43.0 Å². The molecular formula is C14H20ClN3OS. The summed E-state index contributed by atoms with van der Waals surface area (Å²) in [5.74, 6) is 0.0207. The highest BCUT2D eigenvalue weighted by molar-refractivity contribution is 7.80. The van der Waals surface area contributed by atoms with Gasteiger partial charge in [-0.25, -0.2) is 0 Å². The van der Waals surface area contributed by atoms with E-state index in [1.807, 2.05) is 17.0 Å². The lowest BCUT2D eigenvalue weighted by Crippen LogP contribution is -2.38. The smallest absolute Gasteiger partial charge is 0.241 e. The Bertz CT molecular complexity index is 505. The molecule has 0 aliphatic carbocycles. The van der Waals surface area contributed by atoms with Crippen LogP contribution in [0.2, 0.25) is 5.02 Å². The maximum Gasteiger partial charge on any atom is 0.241 e. The van der Waals surface area contributed by atoms with Crippen LogP contribution < -0.4 is 10.6 Å². The van der Waals surface area contributed by atoms with E-state index in [9.17, 15) is 4.79 Å². The van der Waals surface area contributed by atoms with Gasteiger partial charge in [-0.3, -0.25) is 4.79 Å². The van der Waals surface area contributed by atoms with Crippen molar-refractivity contribution in [3.05, 3.63) is 28.8 Å². The molecule has 2 N–H and O–H groups in total. The molecule has 0 aliphatic heterocycles. The highest BCUT2D eigenvalue weighted by Gasteiger charge is 2.18. The SMILES string of the molecule is CCCN(CC(=O)N(C)C)c1cccc(Cl)c1C(N)=S. The summed E-state index contributed by atoms with van der Waals surface area (Å²) in [6.07, 6.45) is 0.907. The Morgan fingerprint density at radius 2 is 2.05 bits per heavy atom. The van der Waals surface area contributed by atoms with Crippen molar-refractivity contribution in [2.45, 2.75) is 13.3 Å². The molecule has 0 bridgehead atoms. The average molecular weight is 314 g/mol. The molecule has 0 saturated heterocycles. The molecular weight excluding hydrogens is 294 g/mol. The van der Waals surface area contributed by atoms with Crippen LogP contribution in [0.3, 0.4) is 0 Å². The number of benzene rings is 1. The van der Waals surface area contributed by atoms with E-state index in [4.69, 9.17) is 29.6 Å². The fraction of sp³-hybridized carbons (Fsp3) is 0.429. The van der Waals surface area contributed by atoms with Crippen molar-refractivity contribution in [2.24, 2.45) is 5.73 Å². The zero-order chi connectivity index (χ0) is 15.3. The number of hydrogen-bond donors (Lipinski definition) is 1. The van der Waals surface area contributed by atoms with E-state index in [1.165, 1.54) is 0 Å². The number of thiocarbonyl (C=S) groups is 1. The molecule has 1 aromatic rings. The predicted molar refractivity (Wildman–Crippen MR) is 88.5 cm³/mol. The molecule has 1 rings (SSSR count). The van der Waals surface area contributed by atoms with E-state index in [1.54, 1.807) is 25.1 Å². The summed E-state index contributed by atoms with van der Waals surface area (Å²) in [5.41, 5.74) is 7.20. The monoisotopic (exact) mass is 313 g/mol. The van der Waals surface area contributed by atoms with Crippen LogP contribution in [0.5, 0.6) is 0 Å². The van der Waals surface area contributed by atoms with Crippen LogP contribution in [0.15, 0.2) is 18.2 Å². The topological polar surface area (TPSA) is 49.6 Å². The van der Waals surface area contributed by atoms with Gasteiger partial charge in [0, 0.05) is 26.3 Å². The van der Waals surface area contributed by atoms with Crippen LogP contribution in [0, 0.1) is 0 Å². The first-order chi connectivity index (χ1) is 9.38. The van der Waals surface area contributed by atoms with Crippen LogP contribution in [-0.2, 0) is 4.79 Å². The third-order valence-electron chi connectivity index (χ3n) is 2.90. The molecule has 0 atom stereocenters. The number of carbonyl (C=O) groups excluding carboxylic acids is 1. The molecule has 0 aromatic heterocycles. The number of hydrogen-bond acceptors (Lipinski definition) is 3. The molecule has 0 saturated carbocycles. The quantitative estimate of drug-likeness (QED) is 0.819. The third kappa shape index (κ3) is 4.08. The van der Waals surface area contributed by atoms with Gasteiger partial charge in [0.2, 0.25) is 5.91 Å². The molecule has 4 nitrogen and oxygen atoms in total. The normalized spacial score (nSPS) is 10.2. The maximum atomic E-state index is 12.0. The lowest BCUT2D eigenvalue weighted by molar-refractivity contribution is -0.127. The Morgan fingerprint density at radius 1 is 1.40 bits per heavy atom. The van der Waals surface area contributed by atoms with Crippen molar-refractivity contribution in [3.8, 4) is 0 Å². The van der Waals surface area contributed by atoms with Crippen LogP contribution in [0.1, 0.15) is 18.9 Å². The van der Waals surface area contributed by atoms with Crippen molar-refractivity contribution in [2.75, 3.05) is 32.1 Å². The second-order valence-corrected chi connectivity index (χ2v) is 5.55. The van der Waals surface area contributed by atoms with E-state index in [-0.39, 0.29) is 17.4 Å². The van der Waals surface area contributed by atoms with Crippen molar-refractivity contribution in [1.29, 1.82) is 0 Å². The van der Waals surface area contributed by atoms with Gasteiger partial charge >= 0.3 is 0 Å². The Hall–Kier alpha value is -1.33. The summed E-state index contributed by atoms with van der Waals surface area (Å²) in [6.45, 7) is 3.06. The number of carbonyl (C=O) groups is 1. The van der Waals surface area contributed by atoms with Gasteiger partial charge in [0.15, 0.2) is 0 Å². The molecule has 1 amide bonds. The summed E-state index contributed by atoms with van der Waals surface area (Å²) in [5, 5.41) is 0.508. The summed E-state index contributed by atoms with van der Waals surface area (Å²) in [6, 6.07) is 5.47. The second-order valence-electron chi connectivity index (χ2n) is 4.71. The van der Waals surface area contributed by atoms with Gasteiger partial charge < -0.3 is 15.5 Å². The van der Waals surface area contributed by atoms with Gasteiger partial charge in [0.05, 0.1) is 17.1 Å². The standard InChI is InChI=1S/C14H20ClN3OS/c1-4-8-18(9-12(19)17(2)3)11-7-5-6-10(15)13(11)14(16)20/h5-7H,4,8-9H2,1-3H3,(H2,16,20). The number of amides is 1. The number of nitrogens with zero attached hydrogens (tertiary/aromatic N) is 2. The fourth-order valence-electron chi connectivity index (χ4n) is 1.88. The summed E-state index contributed by atoms with van der Waals surface area (Å²) in [7, 11) is 3.47. The van der Waals surface area contributed by atoms with Gasteiger partial charge in [-0.15, -0.1) is 0 Å². The van der Waals surface area contributed by atoms with Gasteiger partial charge in [-0.05, 0) is 18.6 Å². The Kier molecular flexibility index (Phi) is 6.23. The van der Waals surface area contributed by atoms with Gasteiger partial charge in [0.1, 0.15) is 4.99 Å². The third-order valence-corrected chi connectivity index (χ3v) is 3.42. The van der Waals surface area contributed by atoms with Crippen molar-refractivity contribution in [3.63, 3.8) is 0 Å². The Labute approximate surface area is 130 Å². The lowest BCUT2D eigenvalue weighted by Gasteiger charge is -2.27. The molecule has 0 aliphatic rings. The molecule has 0 spiro atoms. The van der Waals surface area contributed by atoms with Gasteiger partial charge in [-0.1, -0.05) is 36.8 Å². The summed E-state index contributed by atoms with van der Waals surface area (Å²) >= 11 is 11.3. The molecule has 110 valence electrons. The molecule has 6 heteroatoms. The summed E-state index contributed by atoms with van der Waals surface area (Å²) in [4.78, 5) is 15.7. The number of anilines is 1. The van der Waals surface area contributed by atoms with Crippen LogP contribution in [0.25, 0.3) is 0 Å². The predicted octanol–water partition coefficient (Wildman–Crippen LogP) is 2.28. The minimum atomic E-state index is 0.0207. The minimum absolute atomic E-state index is 0.0207. The van der Waals surface area contributed by atoms with Crippen molar-refractivity contribution >= 4 is 40.4 Å². The molecule has 0 fully saturated rings. The molecule has 0 unspecified atom stereocenters. The molecule has 20 heavy (non-hydrogen) atoms. The molecule has 1 aromatic carbocycles. The summed E-state index contributed by atoms with van der Waals surface area (Å²) < 4.78 is 0. The van der Waals surface area contributed by atoms with E-state index in [0.717, 1.165) is 18.7 Å². The van der Waals surface area contributed by atoms with E-state index < -0.39 is 0 Å². The molecule has 0 heterocycles. The van der Waals surface area contributed by atoms with Crippen molar-refractivity contribution < 1.29 is 4.79 Å². The van der Waals surface area contributed by atoms with Crippen LogP contribution in [0.4, 0.5) is 5.69 Å².